The zero-order valence-corrected chi connectivity index (χ0v) is 54.9. The largest absolute Gasteiger partial charge is 0.462 e. The van der Waals surface area contributed by atoms with E-state index in [0.29, 0.717) is 11.1 Å². The zero-order chi connectivity index (χ0) is 61.1. The van der Waals surface area contributed by atoms with Gasteiger partial charge in [0.1, 0.15) is 0 Å². The third-order valence-corrected chi connectivity index (χ3v) is 16.6. The van der Waals surface area contributed by atoms with E-state index in [1.54, 1.807) is 30.3 Å². The number of unbranched alkanes of at least 4 members (excludes halogenated alkanes) is 36. The molecule has 0 spiro atoms. The first kappa shape index (κ1) is 74.4. The van der Waals surface area contributed by atoms with E-state index in [1.165, 1.54) is 191 Å². The molecule has 4 aromatic rings. The first-order valence-electron chi connectivity index (χ1n) is 34.6. The standard InChI is InChI=1S/C64H106O8S.C12H10/c1-5-9-13-17-21-25-29-33-37-41-49-69-61(65)56-46-45-54(53-58(56)63(67)71-51-43-39-35-31-27-23-19-15-11-7-3)55-47-48-57(62(66)70-50-42-38-34-30-26-22-18-14-10-6-2)60(73)59(55)64(68)72-52-44-40-36-32-28-24-20-16-12-8-4;1-3-7-11(8-4-1)12-9-5-2-6-10-12/h45-48,53,73H,5-44,49-52H2,1-4H3;1-10H. The normalized spacial score (nSPS) is 11.0. The van der Waals surface area contributed by atoms with Gasteiger partial charge in [-0.15, -0.1) is 12.6 Å². The maximum atomic E-state index is 14.2. The lowest BCUT2D eigenvalue weighted by molar-refractivity contribution is 0.0450. The number of ether oxygens (including phenoxy) is 4. The summed E-state index contributed by atoms with van der Waals surface area (Å²) in [7, 11) is 0. The van der Waals surface area contributed by atoms with Crippen LogP contribution in [0.1, 0.15) is 326 Å². The molecule has 9 heteroatoms. The minimum Gasteiger partial charge on any atom is -0.462 e. The molecule has 0 aliphatic heterocycles. The Morgan fingerprint density at radius 2 is 0.553 bits per heavy atom. The van der Waals surface area contributed by atoms with E-state index in [9.17, 15) is 19.2 Å². The molecule has 0 N–H and O–H groups in total. The molecule has 0 aliphatic rings. The first-order valence-corrected chi connectivity index (χ1v) is 35.0. The molecule has 85 heavy (non-hydrogen) atoms. The van der Waals surface area contributed by atoms with Gasteiger partial charge in [0.25, 0.3) is 0 Å². The van der Waals surface area contributed by atoms with Gasteiger partial charge in [-0.05, 0) is 66.1 Å². The molecule has 0 aromatic heterocycles. The Morgan fingerprint density at radius 3 is 0.882 bits per heavy atom. The fraction of sp³-hybridized carbons (Fsp3) is 0.632. The molecule has 0 heterocycles. The van der Waals surface area contributed by atoms with E-state index in [2.05, 4.69) is 76.2 Å². The minimum atomic E-state index is -0.619. The highest BCUT2D eigenvalue weighted by molar-refractivity contribution is 7.80. The van der Waals surface area contributed by atoms with Crippen molar-refractivity contribution in [2.24, 2.45) is 0 Å². The third kappa shape index (κ3) is 34.3. The van der Waals surface area contributed by atoms with E-state index < -0.39 is 23.9 Å². The lowest BCUT2D eigenvalue weighted by Crippen LogP contribution is -2.16. The predicted octanol–water partition coefficient (Wildman–Crippen LogP) is 23.3. The molecule has 0 amide bonds. The van der Waals surface area contributed by atoms with Crippen LogP contribution in [-0.2, 0) is 18.9 Å². The minimum absolute atomic E-state index is 0.0722. The van der Waals surface area contributed by atoms with Crippen molar-refractivity contribution in [3.63, 3.8) is 0 Å². The summed E-state index contributed by atoms with van der Waals surface area (Å²) in [5.74, 6) is -2.36. The van der Waals surface area contributed by atoms with Crippen LogP contribution in [-0.4, -0.2) is 50.3 Å². The molecular formula is C76H116O8S. The van der Waals surface area contributed by atoms with Crippen molar-refractivity contribution in [2.45, 2.75) is 289 Å². The van der Waals surface area contributed by atoms with Crippen LogP contribution < -0.4 is 0 Å². The number of rotatable bonds is 50. The molecule has 0 bridgehead atoms. The zero-order valence-electron chi connectivity index (χ0n) is 54.0. The van der Waals surface area contributed by atoms with E-state index in [1.807, 2.05) is 12.1 Å². The van der Waals surface area contributed by atoms with Gasteiger partial charge in [-0.2, -0.15) is 0 Å². The van der Waals surface area contributed by atoms with Crippen LogP contribution in [0.5, 0.6) is 0 Å². The number of hydrogen-bond donors (Lipinski definition) is 1. The summed E-state index contributed by atoms with van der Waals surface area (Å²) in [5, 5.41) is 0. The molecule has 4 aromatic carbocycles. The van der Waals surface area contributed by atoms with Crippen LogP contribution in [0.15, 0.2) is 95.9 Å². The number of carbonyl (C=O) groups excluding carboxylic acids is 4. The highest BCUT2D eigenvalue weighted by atomic mass is 32.1. The van der Waals surface area contributed by atoms with Crippen molar-refractivity contribution in [3.05, 3.63) is 113 Å². The van der Waals surface area contributed by atoms with E-state index in [4.69, 9.17) is 31.6 Å². The average molecular weight is 1190 g/mol. The van der Waals surface area contributed by atoms with Gasteiger partial charge < -0.3 is 18.9 Å². The third-order valence-electron chi connectivity index (χ3n) is 16.2. The highest BCUT2D eigenvalue weighted by Crippen LogP contribution is 2.34. The number of esters is 4. The number of carbonyl (C=O) groups is 4. The molecule has 0 radical (unpaired) electrons. The molecule has 0 atom stereocenters. The Bertz CT molecular complexity index is 2280. The second-order valence-electron chi connectivity index (χ2n) is 23.6. The number of hydrogen-bond acceptors (Lipinski definition) is 9. The molecule has 0 aliphatic carbocycles. The van der Waals surface area contributed by atoms with Gasteiger partial charge in [-0.25, -0.2) is 19.2 Å². The smallest absolute Gasteiger partial charge is 0.339 e. The fourth-order valence-corrected chi connectivity index (χ4v) is 11.2. The van der Waals surface area contributed by atoms with Gasteiger partial charge >= 0.3 is 23.9 Å². The molecule has 0 unspecified atom stereocenters. The summed E-state index contributed by atoms with van der Waals surface area (Å²) in [4.78, 5) is 55.6. The maximum absolute atomic E-state index is 14.2. The lowest BCUT2D eigenvalue weighted by Gasteiger charge is -2.17. The van der Waals surface area contributed by atoms with Gasteiger partial charge in [0.15, 0.2) is 0 Å². The number of benzene rings is 4. The molecule has 8 nitrogen and oxygen atoms in total. The molecule has 0 fully saturated rings. The van der Waals surface area contributed by atoms with Crippen LogP contribution >= 0.6 is 12.6 Å². The van der Waals surface area contributed by atoms with Crippen molar-refractivity contribution in [2.75, 3.05) is 26.4 Å². The fourth-order valence-electron chi connectivity index (χ4n) is 10.8. The summed E-state index contributed by atoms with van der Waals surface area (Å²) in [6.45, 7) is 9.97. The van der Waals surface area contributed by atoms with Crippen LogP contribution in [0.3, 0.4) is 0 Å². The van der Waals surface area contributed by atoms with Crippen molar-refractivity contribution >= 4 is 36.5 Å². The average Bonchev–Trinajstić information content (AvgIpc) is 3.66. The summed E-state index contributed by atoms with van der Waals surface area (Å²) in [6, 6.07) is 29.0. The highest BCUT2D eigenvalue weighted by Gasteiger charge is 2.27. The van der Waals surface area contributed by atoms with E-state index in [-0.39, 0.29) is 53.6 Å². The monoisotopic (exact) mass is 1190 g/mol. The summed E-state index contributed by atoms with van der Waals surface area (Å²) < 4.78 is 23.3. The van der Waals surface area contributed by atoms with E-state index in [0.717, 1.165) is 77.0 Å². The molecule has 4 rings (SSSR count). The van der Waals surface area contributed by atoms with Gasteiger partial charge in [0.2, 0.25) is 0 Å². The molecule has 0 saturated heterocycles. The first-order chi connectivity index (χ1) is 41.8. The van der Waals surface area contributed by atoms with Crippen molar-refractivity contribution < 1.29 is 38.1 Å². The van der Waals surface area contributed by atoms with Crippen LogP contribution in [0.4, 0.5) is 0 Å². The second-order valence-corrected chi connectivity index (χ2v) is 24.1. The maximum Gasteiger partial charge on any atom is 0.339 e. The lowest BCUT2D eigenvalue weighted by atomic mass is 9.94. The summed E-state index contributed by atoms with van der Waals surface area (Å²) >= 11 is 4.82. The predicted molar refractivity (Wildman–Crippen MR) is 360 cm³/mol. The molecule has 474 valence electrons. The number of thiol groups is 1. The Hall–Kier alpha value is -4.89. The van der Waals surface area contributed by atoms with E-state index >= 15 is 0 Å². The van der Waals surface area contributed by atoms with Crippen LogP contribution in [0, 0.1) is 0 Å². The summed E-state index contributed by atoms with van der Waals surface area (Å²) in [6.07, 6.45) is 46.6. The Morgan fingerprint density at radius 1 is 0.282 bits per heavy atom. The van der Waals surface area contributed by atoms with Crippen molar-refractivity contribution in [3.8, 4) is 22.3 Å². The van der Waals surface area contributed by atoms with Gasteiger partial charge in [-0.1, -0.05) is 332 Å². The van der Waals surface area contributed by atoms with Crippen LogP contribution in [0.2, 0.25) is 0 Å². The Labute approximate surface area is 523 Å². The second kappa shape index (κ2) is 51.2. The molecular weight excluding hydrogens is 1070 g/mol. The SMILES string of the molecule is CCCCCCCCCCCCOC(=O)c1ccc(-c2ccc(C(=O)OCCCCCCCCCCCC)c(S)c2C(=O)OCCCCCCCCCCCC)cc1C(=O)OCCCCCCCCCCCC.c1ccc(-c2ccccc2)cc1. The molecule has 0 saturated carbocycles. The topological polar surface area (TPSA) is 105 Å². The summed E-state index contributed by atoms with van der Waals surface area (Å²) in [5.41, 5.74) is 3.95. The van der Waals surface area contributed by atoms with Crippen molar-refractivity contribution in [1.29, 1.82) is 0 Å². The van der Waals surface area contributed by atoms with Gasteiger partial charge in [-0.3, -0.25) is 0 Å². The quantitative estimate of drug-likeness (QED) is 0.0202. The Kier molecular flexibility index (Phi) is 44.8. The Balaban J connectivity index is 0.00000138. The van der Waals surface area contributed by atoms with Gasteiger partial charge in [0.05, 0.1) is 48.7 Å². The van der Waals surface area contributed by atoms with Gasteiger partial charge in [0, 0.05) is 4.90 Å². The van der Waals surface area contributed by atoms with Crippen LogP contribution in [0.25, 0.3) is 22.3 Å². The van der Waals surface area contributed by atoms with Crippen molar-refractivity contribution in [1.82, 2.24) is 0 Å².